The molecular weight excluding hydrogens is 279 g/mol. The van der Waals surface area contributed by atoms with Gasteiger partial charge in [0.25, 0.3) is 0 Å². The summed E-state index contributed by atoms with van der Waals surface area (Å²) >= 11 is 0. The monoisotopic (exact) mass is 298 g/mol. The summed E-state index contributed by atoms with van der Waals surface area (Å²) in [7, 11) is -4.54. The van der Waals surface area contributed by atoms with Gasteiger partial charge < -0.3 is 15.4 Å². The fourth-order valence-electron chi connectivity index (χ4n) is 2.32. The van der Waals surface area contributed by atoms with Crippen LogP contribution in [0, 0.1) is 0 Å². The Bertz CT molecular complexity index is 539. The molecule has 6 nitrogen and oxygen atoms in total. The van der Waals surface area contributed by atoms with Gasteiger partial charge in [0.15, 0.2) is 0 Å². The predicted octanol–water partition coefficient (Wildman–Crippen LogP) is -0.798. The van der Waals surface area contributed by atoms with Crippen molar-refractivity contribution in [3.05, 3.63) is 24.3 Å². The molecule has 1 fully saturated rings. The Morgan fingerprint density at radius 1 is 1.20 bits per heavy atom. The van der Waals surface area contributed by atoms with E-state index >= 15 is 0 Å². The van der Waals surface area contributed by atoms with Crippen LogP contribution in [0.2, 0.25) is 0 Å². The summed E-state index contributed by atoms with van der Waals surface area (Å²) in [5.41, 5.74) is 1.34. The molecule has 1 aromatic rings. The smallest absolute Gasteiger partial charge is 0.423 e. The molecule has 0 spiro atoms. The highest BCUT2D eigenvalue weighted by Gasteiger charge is 2.24. The summed E-state index contributed by atoms with van der Waals surface area (Å²) in [6.45, 7) is 1.06. The van der Waals surface area contributed by atoms with Gasteiger partial charge in [0.1, 0.15) is 0 Å². The van der Waals surface area contributed by atoms with Gasteiger partial charge in [-0.25, -0.2) is 12.7 Å². The third-order valence-corrected chi connectivity index (χ3v) is 4.81. The van der Waals surface area contributed by atoms with E-state index in [1.165, 1.54) is 10.6 Å². The number of rotatable bonds is 4. The first kappa shape index (κ1) is 15.3. The number of benzene rings is 1. The Morgan fingerprint density at radius 3 is 2.20 bits per heavy atom. The van der Waals surface area contributed by atoms with Crippen LogP contribution >= 0.6 is 0 Å². The first-order valence-electron chi connectivity index (χ1n) is 6.54. The van der Waals surface area contributed by atoms with Gasteiger partial charge in [0.05, 0.1) is 6.26 Å². The van der Waals surface area contributed by atoms with Gasteiger partial charge >= 0.3 is 7.12 Å². The topological polar surface area (TPSA) is 89.9 Å². The van der Waals surface area contributed by atoms with E-state index in [0.717, 1.165) is 18.5 Å². The molecule has 1 aliphatic heterocycles. The number of hydrogen-bond acceptors (Lipinski definition) is 5. The van der Waals surface area contributed by atoms with Crippen molar-refractivity contribution in [3.63, 3.8) is 0 Å². The minimum atomic E-state index is -3.09. The van der Waals surface area contributed by atoms with Crippen LogP contribution in [0.25, 0.3) is 0 Å². The number of hydrogen-bond donors (Lipinski definition) is 3. The van der Waals surface area contributed by atoms with Gasteiger partial charge in [0.2, 0.25) is 10.0 Å². The lowest BCUT2D eigenvalue weighted by Gasteiger charge is -2.31. The minimum absolute atomic E-state index is 0.234. The Labute approximate surface area is 119 Å². The van der Waals surface area contributed by atoms with Crippen LogP contribution in [0.3, 0.4) is 0 Å². The van der Waals surface area contributed by atoms with Gasteiger partial charge in [0, 0.05) is 24.8 Å². The van der Waals surface area contributed by atoms with Gasteiger partial charge in [-0.05, 0) is 30.4 Å². The standard InChI is InChI=1S/C12H19BN2O4S/c1-20(18,19)15-8-6-12(7-9-15)14-11-4-2-10(3-5-11)13(16)17/h2-5,12,14,16-17H,6-9H2,1H3. The van der Waals surface area contributed by atoms with E-state index in [2.05, 4.69) is 5.32 Å². The molecule has 3 N–H and O–H groups in total. The molecule has 8 heteroatoms. The van der Waals surface area contributed by atoms with Crippen molar-refractivity contribution < 1.29 is 18.5 Å². The lowest BCUT2D eigenvalue weighted by atomic mass is 9.80. The van der Waals surface area contributed by atoms with Gasteiger partial charge in [-0.2, -0.15) is 0 Å². The predicted molar refractivity (Wildman–Crippen MR) is 79.3 cm³/mol. The van der Waals surface area contributed by atoms with Gasteiger partial charge in [-0.1, -0.05) is 12.1 Å². The van der Waals surface area contributed by atoms with E-state index in [1.807, 2.05) is 0 Å². The highest BCUT2D eigenvalue weighted by Crippen LogP contribution is 2.17. The summed E-state index contributed by atoms with van der Waals surface area (Å²) in [4.78, 5) is 0. The Morgan fingerprint density at radius 2 is 1.75 bits per heavy atom. The van der Waals surface area contributed by atoms with Crippen molar-refractivity contribution >= 4 is 28.3 Å². The Kier molecular flexibility index (Phi) is 4.69. The Balaban J connectivity index is 1.89. The average Bonchev–Trinajstić information content (AvgIpc) is 2.39. The van der Waals surface area contributed by atoms with E-state index < -0.39 is 17.1 Å². The van der Waals surface area contributed by atoms with Gasteiger partial charge in [-0.3, -0.25) is 0 Å². The quantitative estimate of drug-likeness (QED) is 0.633. The molecule has 0 aromatic heterocycles. The molecule has 110 valence electrons. The summed E-state index contributed by atoms with van der Waals surface area (Å²) in [6.07, 6.45) is 2.76. The van der Waals surface area contributed by atoms with E-state index in [1.54, 1.807) is 24.3 Å². The summed E-state index contributed by atoms with van der Waals surface area (Å²) < 4.78 is 24.3. The maximum Gasteiger partial charge on any atom is 0.488 e. The highest BCUT2D eigenvalue weighted by molar-refractivity contribution is 7.88. The molecule has 0 amide bonds. The van der Waals surface area contributed by atoms with Crippen molar-refractivity contribution in [2.45, 2.75) is 18.9 Å². The molecule has 0 aliphatic carbocycles. The lowest BCUT2D eigenvalue weighted by molar-refractivity contribution is 0.332. The second kappa shape index (κ2) is 6.13. The first-order valence-corrected chi connectivity index (χ1v) is 8.39. The van der Waals surface area contributed by atoms with Crippen molar-refractivity contribution in [3.8, 4) is 0 Å². The summed E-state index contributed by atoms with van der Waals surface area (Å²) in [5, 5.41) is 21.4. The van der Waals surface area contributed by atoms with E-state index in [4.69, 9.17) is 10.0 Å². The summed E-state index contributed by atoms with van der Waals surface area (Å²) in [5.74, 6) is 0. The third kappa shape index (κ3) is 3.95. The zero-order chi connectivity index (χ0) is 14.8. The lowest BCUT2D eigenvalue weighted by Crippen LogP contribution is -2.41. The molecule has 20 heavy (non-hydrogen) atoms. The minimum Gasteiger partial charge on any atom is -0.423 e. The zero-order valence-electron chi connectivity index (χ0n) is 11.4. The molecule has 0 unspecified atom stereocenters. The maximum atomic E-state index is 11.4. The number of anilines is 1. The van der Waals surface area contributed by atoms with Crippen LogP contribution in [-0.2, 0) is 10.0 Å². The van der Waals surface area contributed by atoms with Crippen molar-refractivity contribution in [1.82, 2.24) is 4.31 Å². The van der Waals surface area contributed by atoms with Crippen molar-refractivity contribution in [2.24, 2.45) is 0 Å². The molecule has 0 bridgehead atoms. The molecule has 1 aromatic carbocycles. The molecule has 2 rings (SSSR count). The van der Waals surface area contributed by atoms with Crippen LogP contribution in [0.5, 0.6) is 0 Å². The number of piperidine rings is 1. The van der Waals surface area contributed by atoms with E-state index in [9.17, 15) is 8.42 Å². The van der Waals surface area contributed by atoms with Crippen LogP contribution in [0.1, 0.15) is 12.8 Å². The molecule has 0 saturated carbocycles. The van der Waals surface area contributed by atoms with Crippen LogP contribution in [0.15, 0.2) is 24.3 Å². The number of nitrogens with one attached hydrogen (secondary N) is 1. The largest absolute Gasteiger partial charge is 0.488 e. The molecular formula is C12H19BN2O4S. The van der Waals surface area contributed by atoms with E-state index in [-0.39, 0.29) is 6.04 Å². The van der Waals surface area contributed by atoms with Crippen LogP contribution in [-0.4, -0.2) is 55.3 Å². The molecule has 1 aliphatic rings. The van der Waals surface area contributed by atoms with Crippen molar-refractivity contribution in [2.75, 3.05) is 24.7 Å². The fourth-order valence-corrected chi connectivity index (χ4v) is 3.19. The Hall–Kier alpha value is -1.09. The summed E-state index contributed by atoms with van der Waals surface area (Å²) in [6, 6.07) is 7.12. The third-order valence-electron chi connectivity index (χ3n) is 3.50. The highest BCUT2D eigenvalue weighted by atomic mass is 32.2. The van der Waals surface area contributed by atoms with E-state index in [0.29, 0.717) is 18.6 Å². The van der Waals surface area contributed by atoms with Gasteiger partial charge in [-0.15, -0.1) is 0 Å². The second-order valence-corrected chi connectivity index (χ2v) is 7.06. The normalized spacial score (nSPS) is 17.9. The average molecular weight is 298 g/mol. The fraction of sp³-hybridized carbons (Fsp3) is 0.500. The zero-order valence-corrected chi connectivity index (χ0v) is 12.2. The first-order chi connectivity index (χ1) is 9.36. The van der Waals surface area contributed by atoms with Crippen LogP contribution < -0.4 is 10.8 Å². The molecule has 0 radical (unpaired) electrons. The SMILES string of the molecule is CS(=O)(=O)N1CCC(Nc2ccc(B(O)O)cc2)CC1. The molecule has 1 saturated heterocycles. The number of sulfonamides is 1. The maximum absolute atomic E-state index is 11.4. The second-order valence-electron chi connectivity index (χ2n) is 5.08. The molecule has 0 atom stereocenters. The van der Waals surface area contributed by atoms with Crippen molar-refractivity contribution in [1.29, 1.82) is 0 Å². The van der Waals surface area contributed by atoms with Crippen LogP contribution in [0.4, 0.5) is 5.69 Å². The molecule has 1 heterocycles. The number of nitrogens with zero attached hydrogens (tertiary/aromatic N) is 1.